The summed E-state index contributed by atoms with van der Waals surface area (Å²) >= 11 is 0. The van der Waals surface area contributed by atoms with E-state index >= 15 is 0 Å². The van der Waals surface area contributed by atoms with Gasteiger partial charge in [0.25, 0.3) is 0 Å². The van der Waals surface area contributed by atoms with E-state index < -0.39 is 11.7 Å². The fourth-order valence-corrected chi connectivity index (χ4v) is 4.16. The third kappa shape index (κ3) is 7.91. The molecule has 1 aliphatic rings. The van der Waals surface area contributed by atoms with Gasteiger partial charge in [0.05, 0.1) is 5.60 Å². The lowest BCUT2D eigenvalue weighted by Gasteiger charge is -2.32. The number of hydrogen-bond donors (Lipinski definition) is 1. The number of allylic oxidation sites excluding steroid dienone is 6. The first kappa shape index (κ1) is 27.5. The number of Topliss-reactive ketones (excluding diaryl/α,β-unsaturated/α-hetero) is 1. The zero-order valence-electron chi connectivity index (χ0n) is 21.4. The zero-order chi connectivity index (χ0) is 25.5. The molecule has 0 spiro atoms. The Morgan fingerprint density at radius 1 is 1.09 bits per heavy atom. The molecule has 34 heavy (non-hydrogen) atoms. The van der Waals surface area contributed by atoms with Crippen LogP contribution in [0.4, 0.5) is 0 Å². The lowest BCUT2D eigenvalue weighted by Crippen LogP contribution is -2.42. The number of rotatable bonds is 11. The van der Waals surface area contributed by atoms with Crippen molar-refractivity contribution in [1.29, 1.82) is 0 Å². The van der Waals surface area contributed by atoms with Crippen LogP contribution in [0.3, 0.4) is 0 Å². The van der Waals surface area contributed by atoms with Crippen LogP contribution in [0.15, 0.2) is 53.1 Å². The number of carbonyl (C=O) groups excluding carboxylic acids is 3. The highest BCUT2D eigenvalue weighted by Gasteiger charge is 2.33. The molecule has 0 aliphatic heterocycles. The molecule has 1 aromatic carbocycles. The second-order valence-corrected chi connectivity index (χ2v) is 9.80. The first-order valence-electron chi connectivity index (χ1n) is 12.0. The molecule has 0 unspecified atom stereocenters. The summed E-state index contributed by atoms with van der Waals surface area (Å²) in [7, 11) is 0. The molecule has 0 radical (unpaired) electrons. The minimum atomic E-state index is -1.10. The van der Waals surface area contributed by atoms with Gasteiger partial charge < -0.3 is 9.84 Å². The van der Waals surface area contributed by atoms with Crippen molar-refractivity contribution < 1.29 is 24.2 Å². The Balaban J connectivity index is 1.96. The average molecular weight is 467 g/mol. The summed E-state index contributed by atoms with van der Waals surface area (Å²) < 4.78 is 5.48. The summed E-state index contributed by atoms with van der Waals surface area (Å²) in [4.78, 5) is 36.1. The normalized spacial score (nSPS) is 16.3. The molecule has 0 heterocycles. The van der Waals surface area contributed by atoms with Gasteiger partial charge in [-0.2, -0.15) is 0 Å². The Morgan fingerprint density at radius 3 is 2.44 bits per heavy atom. The molecule has 1 aromatic rings. The topological polar surface area (TPSA) is 80.7 Å². The summed E-state index contributed by atoms with van der Waals surface area (Å²) in [5.74, 6) is -0.593. The third-order valence-corrected chi connectivity index (χ3v) is 6.23. The van der Waals surface area contributed by atoms with Crippen LogP contribution in [-0.2, 0) is 16.0 Å². The Kier molecular flexibility index (Phi) is 9.75. The molecular weight excluding hydrogens is 428 g/mol. The lowest BCUT2D eigenvalue weighted by molar-refractivity contribution is -0.162. The largest absolute Gasteiger partial charge is 0.459 e. The quantitative estimate of drug-likeness (QED) is 0.315. The molecule has 0 amide bonds. The molecule has 5 heteroatoms. The summed E-state index contributed by atoms with van der Waals surface area (Å²) in [5.41, 5.74) is 3.70. The van der Waals surface area contributed by atoms with Crippen LogP contribution in [-0.4, -0.2) is 34.3 Å². The second-order valence-electron chi connectivity index (χ2n) is 9.80. The lowest BCUT2D eigenvalue weighted by atomic mass is 9.88. The third-order valence-electron chi connectivity index (χ3n) is 6.23. The molecule has 2 rings (SSSR count). The summed E-state index contributed by atoms with van der Waals surface area (Å²) in [6, 6.07) is 5.48. The first-order valence-corrected chi connectivity index (χ1v) is 12.0. The number of hydrogen-bond acceptors (Lipinski definition) is 5. The number of ketones is 2. The van der Waals surface area contributed by atoms with Gasteiger partial charge in [-0.3, -0.25) is 14.4 Å². The predicted molar refractivity (Wildman–Crippen MR) is 135 cm³/mol. The van der Waals surface area contributed by atoms with Gasteiger partial charge >= 0.3 is 5.97 Å². The molecule has 0 aromatic heterocycles. The number of aliphatic hydroxyl groups is 1. The minimum absolute atomic E-state index is 0.0867. The van der Waals surface area contributed by atoms with Gasteiger partial charge in [-0.05, 0) is 90.8 Å². The monoisotopic (exact) mass is 466 g/mol. The van der Waals surface area contributed by atoms with Crippen molar-refractivity contribution in [2.75, 3.05) is 0 Å². The minimum Gasteiger partial charge on any atom is -0.459 e. The Labute approximate surface area is 203 Å². The zero-order valence-corrected chi connectivity index (χ0v) is 21.4. The van der Waals surface area contributed by atoms with E-state index in [0.29, 0.717) is 36.0 Å². The summed E-state index contributed by atoms with van der Waals surface area (Å²) in [6.45, 7) is 10.8. The van der Waals surface area contributed by atoms with Crippen LogP contribution in [0, 0.1) is 0 Å². The van der Waals surface area contributed by atoms with Crippen molar-refractivity contribution in [3.63, 3.8) is 0 Å². The van der Waals surface area contributed by atoms with E-state index in [1.807, 2.05) is 32.9 Å². The van der Waals surface area contributed by atoms with Gasteiger partial charge in [0, 0.05) is 23.6 Å². The van der Waals surface area contributed by atoms with Crippen LogP contribution in [0.25, 0.3) is 0 Å². The van der Waals surface area contributed by atoms with E-state index in [4.69, 9.17) is 4.74 Å². The van der Waals surface area contributed by atoms with Gasteiger partial charge in [-0.1, -0.05) is 35.4 Å². The van der Waals surface area contributed by atoms with Crippen molar-refractivity contribution >= 4 is 17.5 Å². The van der Waals surface area contributed by atoms with E-state index in [-0.39, 0.29) is 17.5 Å². The Hall–Kier alpha value is -2.79. The molecule has 1 N–H and O–H groups in total. The van der Waals surface area contributed by atoms with Gasteiger partial charge in [-0.15, -0.1) is 0 Å². The Morgan fingerprint density at radius 2 is 1.79 bits per heavy atom. The van der Waals surface area contributed by atoms with Gasteiger partial charge in [0.1, 0.15) is 6.10 Å². The molecule has 0 saturated carbocycles. The number of aryl methyl sites for hydroxylation is 1. The van der Waals surface area contributed by atoms with Crippen molar-refractivity contribution in [3.05, 3.63) is 69.8 Å². The molecule has 0 bridgehead atoms. The van der Waals surface area contributed by atoms with E-state index in [1.54, 1.807) is 19.9 Å². The maximum absolute atomic E-state index is 12.4. The van der Waals surface area contributed by atoms with Gasteiger partial charge in [0.2, 0.25) is 0 Å². The summed E-state index contributed by atoms with van der Waals surface area (Å²) in [5, 5.41) is 10.9. The highest BCUT2D eigenvalue weighted by atomic mass is 16.6. The van der Waals surface area contributed by atoms with E-state index in [1.165, 1.54) is 18.6 Å². The fraction of sp³-hybridized carbons (Fsp3) is 0.483. The number of esters is 1. The SMILES string of the molecule is CC(=O)O[C@H](CC/C(C)=C/CCc1ccc2c(c1)C(=O)C(C)=CC2=O)[C@@](C)(O)CCC=C(C)C. The molecule has 0 saturated heterocycles. The molecule has 184 valence electrons. The van der Waals surface area contributed by atoms with Gasteiger partial charge in [-0.25, -0.2) is 0 Å². The smallest absolute Gasteiger partial charge is 0.303 e. The molecular formula is C29H38O5. The number of fused-ring (bicyclic) bond motifs is 1. The van der Waals surface area contributed by atoms with Crippen molar-refractivity contribution in [2.24, 2.45) is 0 Å². The highest BCUT2D eigenvalue weighted by molar-refractivity contribution is 6.24. The van der Waals surface area contributed by atoms with Crippen LogP contribution < -0.4 is 0 Å². The van der Waals surface area contributed by atoms with Crippen molar-refractivity contribution in [2.45, 2.75) is 91.8 Å². The molecule has 0 fully saturated rings. The standard InChI is InChI=1S/C29H38O5/c1-19(2)9-8-16-29(6,33)27(34-22(5)30)15-12-20(3)10-7-11-23-13-14-24-25(18-23)28(32)21(4)17-26(24)31/h9-10,13-14,17-18,27,33H,7-8,11-12,15-16H2,1-6H3/b20-10+/t27-,29+/m1/s1. The van der Waals surface area contributed by atoms with E-state index in [2.05, 4.69) is 12.2 Å². The number of ether oxygens (including phenoxy) is 1. The molecule has 1 aliphatic carbocycles. The average Bonchev–Trinajstić information content (AvgIpc) is 2.74. The summed E-state index contributed by atoms with van der Waals surface area (Å²) in [6.07, 6.45) is 9.09. The van der Waals surface area contributed by atoms with Crippen LogP contribution in [0.5, 0.6) is 0 Å². The second kappa shape index (κ2) is 12.1. The predicted octanol–water partition coefficient (Wildman–Crippen LogP) is 6.10. The number of carbonyl (C=O) groups is 3. The Bertz CT molecular complexity index is 1020. The molecule has 2 atom stereocenters. The molecule has 5 nitrogen and oxygen atoms in total. The van der Waals surface area contributed by atoms with Crippen molar-refractivity contribution in [1.82, 2.24) is 0 Å². The van der Waals surface area contributed by atoms with Gasteiger partial charge in [0.15, 0.2) is 11.6 Å². The van der Waals surface area contributed by atoms with Crippen LogP contribution in [0.2, 0.25) is 0 Å². The van der Waals surface area contributed by atoms with Crippen molar-refractivity contribution in [3.8, 4) is 0 Å². The fourth-order valence-electron chi connectivity index (χ4n) is 4.16. The maximum Gasteiger partial charge on any atom is 0.303 e. The highest BCUT2D eigenvalue weighted by Crippen LogP contribution is 2.26. The van der Waals surface area contributed by atoms with Crippen LogP contribution in [0.1, 0.15) is 99.9 Å². The van der Waals surface area contributed by atoms with E-state index in [0.717, 1.165) is 30.4 Å². The number of benzene rings is 1. The maximum atomic E-state index is 12.4. The van der Waals surface area contributed by atoms with E-state index in [9.17, 15) is 19.5 Å². The first-order chi connectivity index (χ1) is 15.9. The van der Waals surface area contributed by atoms with Crippen LogP contribution >= 0.6 is 0 Å².